The number of hydrogen-bond acceptors (Lipinski definition) is 5. The van der Waals surface area contributed by atoms with Crippen LogP contribution in [0.25, 0.3) is 0 Å². The standard InChI is InChI=1S/C14H15BF2N2O3S/c1-8-18-11(13(16)17)12(23-8)14(20)19-10-7-5-4-6-9(10)15(21-2)22-3/h4-7,13H,1-3H3,(H,19,20). The number of amides is 1. The van der Waals surface area contributed by atoms with Crippen molar-refractivity contribution < 1.29 is 22.9 Å². The molecule has 1 heterocycles. The summed E-state index contributed by atoms with van der Waals surface area (Å²) in [4.78, 5) is 16.0. The van der Waals surface area contributed by atoms with Crippen molar-refractivity contribution in [2.45, 2.75) is 13.3 Å². The summed E-state index contributed by atoms with van der Waals surface area (Å²) in [5.41, 5.74) is 0.515. The van der Waals surface area contributed by atoms with Crippen molar-refractivity contribution in [3.63, 3.8) is 0 Å². The van der Waals surface area contributed by atoms with Crippen molar-refractivity contribution in [2.24, 2.45) is 0 Å². The Balaban J connectivity index is 2.31. The number of para-hydroxylation sites is 1. The Labute approximate surface area is 136 Å². The van der Waals surface area contributed by atoms with Crippen LogP contribution < -0.4 is 10.8 Å². The SMILES string of the molecule is COB(OC)c1ccccc1NC(=O)c1sc(C)nc1C(F)F. The van der Waals surface area contributed by atoms with Crippen LogP contribution in [0.4, 0.5) is 14.5 Å². The fraction of sp³-hybridized carbons (Fsp3) is 0.286. The second-order valence-corrected chi connectivity index (χ2v) is 5.80. The lowest BCUT2D eigenvalue weighted by Gasteiger charge is -2.14. The molecule has 0 atom stereocenters. The van der Waals surface area contributed by atoms with Crippen LogP contribution in [0, 0.1) is 6.92 Å². The fourth-order valence-electron chi connectivity index (χ4n) is 2.10. The van der Waals surface area contributed by atoms with Gasteiger partial charge in [0.1, 0.15) is 10.6 Å². The van der Waals surface area contributed by atoms with E-state index in [2.05, 4.69) is 10.3 Å². The molecule has 1 amide bonds. The molecule has 0 bridgehead atoms. The average molecular weight is 340 g/mol. The molecule has 1 aromatic heterocycles. The summed E-state index contributed by atoms with van der Waals surface area (Å²) in [5.74, 6) is -0.635. The van der Waals surface area contributed by atoms with E-state index < -0.39 is 25.1 Å². The second kappa shape index (κ2) is 7.63. The summed E-state index contributed by atoms with van der Waals surface area (Å²) in [6.07, 6.45) is -2.80. The van der Waals surface area contributed by atoms with Crippen LogP contribution in [-0.2, 0) is 9.31 Å². The molecule has 122 valence electrons. The normalized spacial score (nSPS) is 10.9. The van der Waals surface area contributed by atoms with Gasteiger partial charge in [-0.3, -0.25) is 4.79 Å². The Bertz CT molecular complexity index is 692. The second-order valence-electron chi connectivity index (χ2n) is 4.59. The van der Waals surface area contributed by atoms with Crippen molar-refractivity contribution in [1.82, 2.24) is 4.98 Å². The summed E-state index contributed by atoms with van der Waals surface area (Å²) >= 11 is 0.930. The number of aromatic nitrogens is 1. The number of nitrogens with one attached hydrogen (secondary N) is 1. The van der Waals surface area contributed by atoms with Gasteiger partial charge in [-0.2, -0.15) is 0 Å². The highest BCUT2D eigenvalue weighted by molar-refractivity contribution is 7.13. The predicted molar refractivity (Wildman–Crippen MR) is 85.6 cm³/mol. The molecular weight excluding hydrogens is 325 g/mol. The molecule has 5 nitrogen and oxygen atoms in total. The van der Waals surface area contributed by atoms with Gasteiger partial charge in [0, 0.05) is 25.4 Å². The van der Waals surface area contributed by atoms with Gasteiger partial charge in [0.15, 0.2) is 0 Å². The number of hydrogen-bond donors (Lipinski definition) is 1. The molecule has 2 rings (SSSR count). The Morgan fingerprint density at radius 3 is 2.57 bits per heavy atom. The average Bonchev–Trinajstić information content (AvgIpc) is 2.92. The van der Waals surface area contributed by atoms with Crippen molar-refractivity contribution in [2.75, 3.05) is 19.5 Å². The molecule has 0 fully saturated rings. The van der Waals surface area contributed by atoms with Gasteiger partial charge >= 0.3 is 7.12 Å². The zero-order chi connectivity index (χ0) is 17.0. The molecule has 9 heteroatoms. The van der Waals surface area contributed by atoms with Gasteiger partial charge in [0.2, 0.25) is 0 Å². The molecule has 0 saturated heterocycles. The first-order valence-electron chi connectivity index (χ1n) is 6.69. The highest BCUT2D eigenvalue weighted by atomic mass is 32.1. The lowest BCUT2D eigenvalue weighted by molar-refractivity contribution is 0.101. The highest BCUT2D eigenvalue weighted by Gasteiger charge is 2.26. The van der Waals surface area contributed by atoms with Crippen molar-refractivity contribution in [3.8, 4) is 0 Å². The van der Waals surface area contributed by atoms with Gasteiger partial charge in [0.25, 0.3) is 12.3 Å². The summed E-state index contributed by atoms with van der Waals surface area (Å²) in [7, 11) is 2.26. The monoisotopic (exact) mass is 340 g/mol. The molecule has 0 aliphatic heterocycles. The lowest BCUT2D eigenvalue weighted by atomic mass is 9.77. The molecule has 1 N–H and O–H groups in total. The molecule has 0 aliphatic rings. The van der Waals surface area contributed by atoms with Gasteiger partial charge in [-0.05, 0) is 13.0 Å². The van der Waals surface area contributed by atoms with E-state index in [1.54, 1.807) is 31.2 Å². The van der Waals surface area contributed by atoms with E-state index in [9.17, 15) is 13.6 Å². The van der Waals surface area contributed by atoms with Crippen LogP contribution in [0.3, 0.4) is 0 Å². The number of anilines is 1. The zero-order valence-corrected chi connectivity index (χ0v) is 13.6. The van der Waals surface area contributed by atoms with Gasteiger partial charge in [-0.1, -0.05) is 18.2 Å². The molecule has 0 radical (unpaired) electrons. The van der Waals surface area contributed by atoms with E-state index in [4.69, 9.17) is 9.31 Å². The minimum atomic E-state index is -2.80. The Morgan fingerprint density at radius 1 is 1.30 bits per heavy atom. The number of halogens is 2. The minimum absolute atomic E-state index is 0.0984. The quantitative estimate of drug-likeness (QED) is 0.822. The van der Waals surface area contributed by atoms with E-state index in [0.717, 1.165) is 11.3 Å². The first-order chi connectivity index (χ1) is 11.0. The number of benzene rings is 1. The van der Waals surface area contributed by atoms with E-state index in [0.29, 0.717) is 16.2 Å². The number of rotatable bonds is 6. The maximum absolute atomic E-state index is 13.0. The molecule has 2 aromatic rings. The van der Waals surface area contributed by atoms with Gasteiger partial charge in [-0.25, -0.2) is 13.8 Å². The molecule has 0 aliphatic carbocycles. The predicted octanol–water partition coefficient (Wildman–Crippen LogP) is 2.63. The Kier molecular flexibility index (Phi) is 5.81. The fourth-order valence-corrected chi connectivity index (χ4v) is 2.92. The van der Waals surface area contributed by atoms with Crippen LogP contribution in [-0.4, -0.2) is 32.2 Å². The van der Waals surface area contributed by atoms with Gasteiger partial charge < -0.3 is 14.6 Å². The van der Waals surface area contributed by atoms with Crippen molar-refractivity contribution >= 4 is 35.5 Å². The van der Waals surface area contributed by atoms with Crippen LogP contribution in [0.2, 0.25) is 0 Å². The third-order valence-electron chi connectivity index (χ3n) is 3.06. The molecule has 0 spiro atoms. The number of thiazole rings is 1. The van der Waals surface area contributed by atoms with Gasteiger partial charge in [0.05, 0.1) is 5.01 Å². The third kappa shape index (κ3) is 3.93. The first-order valence-corrected chi connectivity index (χ1v) is 7.51. The number of carbonyl (C=O) groups is 1. The summed E-state index contributed by atoms with van der Waals surface area (Å²) in [6, 6.07) is 6.85. The number of carbonyl (C=O) groups excluding carboxylic acids is 1. The Morgan fingerprint density at radius 2 is 1.96 bits per heavy atom. The van der Waals surface area contributed by atoms with Gasteiger partial charge in [-0.15, -0.1) is 11.3 Å². The smallest absolute Gasteiger partial charge is 0.410 e. The minimum Gasteiger partial charge on any atom is -0.410 e. The van der Waals surface area contributed by atoms with Crippen LogP contribution in [0.5, 0.6) is 0 Å². The topological polar surface area (TPSA) is 60.5 Å². The molecule has 23 heavy (non-hydrogen) atoms. The highest BCUT2D eigenvalue weighted by Crippen LogP contribution is 2.27. The number of aryl methyl sites for hydroxylation is 1. The lowest BCUT2D eigenvalue weighted by Crippen LogP contribution is -2.37. The molecular formula is C14H15BF2N2O3S. The number of nitrogens with zero attached hydrogens (tertiary/aromatic N) is 1. The molecule has 1 aromatic carbocycles. The van der Waals surface area contributed by atoms with Crippen LogP contribution >= 0.6 is 11.3 Å². The Hall–Kier alpha value is -1.84. The van der Waals surface area contributed by atoms with Crippen LogP contribution in [0.15, 0.2) is 24.3 Å². The van der Waals surface area contributed by atoms with Crippen molar-refractivity contribution in [1.29, 1.82) is 0 Å². The maximum Gasteiger partial charge on any atom is 0.495 e. The summed E-state index contributed by atoms with van der Waals surface area (Å²) in [6.45, 7) is 1.58. The van der Waals surface area contributed by atoms with Crippen LogP contribution in [0.1, 0.15) is 26.8 Å². The van der Waals surface area contributed by atoms with E-state index in [1.165, 1.54) is 14.2 Å². The largest absolute Gasteiger partial charge is 0.495 e. The summed E-state index contributed by atoms with van der Waals surface area (Å²) in [5, 5.41) is 3.03. The van der Waals surface area contributed by atoms with E-state index in [1.807, 2.05) is 0 Å². The third-order valence-corrected chi connectivity index (χ3v) is 4.05. The number of alkyl halides is 2. The summed E-state index contributed by atoms with van der Waals surface area (Å²) < 4.78 is 36.3. The molecule has 0 unspecified atom stereocenters. The molecule has 0 saturated carbocycles. The van der Waals surface area contributed by atoms with Crippen molar-refractivity contribution in [3.05, 3.63) is 39.8 Å². The zero-order valence-electron chi connectivity index (χ0n) is 12.8. The first kappa shape index (κ1) is 17.5. The van der Waals surface area contributed by atoms with E-state index >= 15 is 0 Å². The maximum atomic E-state index is 13.0. The van der Waals surface area contributed by atoms with E-state index in [-0.39, 0.29) is 4.88 Å².